The summed E-state index contributed by atoms with van der Waals surface area (Å²) in [5.74, 6) is 1.26. The van der Waals surface area contributed by atoms with Crippen LogP contribution in [0, 0.1) is 0 Å². The van der Waals surface area contributed by atoms with Gasteiger partial charge in [-0.15, -0.1) is 11.8 Å². The molecule has 5 heteroatoms. The molecule has 0 aliphatic rings. The van der Waals surface area contributed by atoms with E-state index in [0.717, 1.165) is 10.6 Å². The van der Waals surface area contributed by atoms with Gasteiger partial charge in [-0.05, 0) is 39.0 Å². The molecule has 1 aromatic rings. The van der Waals surface area contributed by atoms with E-state index in [0.29, 0.717) is 18.0 Å². The third-order valence-corrected chi connectivity index (χ3v) is 3.87. The van der Waals surface area contributed by atoms with Gasteiger partial charge in [-0.1, -0.05) is 0 Å². The Morgan fingerprint density at radius 3 is 2.74 bits per heavy atom. The summed E-state index contributed by atoms with van der Waals surface area (Å²) in [6, 6.07) is 5.74. The highest BCUT2D eigenvalue weighted by Crippen LogP contribution is 2.29. The molecule has 0 fully saturated rings. The Hall–Kier alpha value is -1.36. The molecule has 1 rings (SSSR count). The molecule has 0 atom stereocenters. The fourth-order valence-corrected chi connectivity index (χ4v) is 2.34. The smallest absolute Gasteiger partial charge is 0.232 e. The molecule has 2 N–H and O–H groups in total. The average Bonchev–Trinajstić information content (AvgIpc) is 2.38. The Kier molecular flexibility index (Phi) is 6.02. The fourth-order valence-electron chi connectivity index (χ4n) is 1.43. The van der Waals surface area contributed by atoms with Crippen molar-refractivity contribution in [2.24, 2.45) is 0 Å². The number of nitrogens with zero attached hydrogens (tertiary/aromatic N) is 1. The monoisotopic (exact) mass is 282 g/mol. The zero-order valence-electron chi connectivity index (χ0n) is 12.0. The number of amides is 1. The highest BCUT2D eigenvalue weighted by Gasteiger charge is 2.13. The normalized spacial score (nSPS) is 10.6. The topological polar surface area (TPSA) is 55.6 Å². The summed E-state index contributed by atoms with van der Waals surface area (Å²) in [4.78, 5) is 14.5. The molecule has 0 heterocycles. The summed E-state index contributed by atoms with van der Waals surface area (Å²) in [6.07, 6.45) is 0. The van der Waals surface area contributed by atoms with E-state index in [1.807, 2.05) is 46.0 Å². The van der Waals surface area contributed by atoms with Crippen LogP contribution in [0.5, 0.6) is 5.75 Å². The lowest BCUT2D eigenvalue weighted by Gasteiger charge is -2.21. The Balaban J connectivity index is 2.66. The molecule has 0 unspecified atom stereocenters. The lowest BCUT2D eigenvalue weighted by Crippen LogP contribution is -2.34. The lowest BCUT2D eigenvalue weighted by molar-refractivity contribution is -0.128. The number of benzene rings is 1. The highest BCUT2D eigenvalue weighted by molar-refractivity contribution is 8.00. The quantitative estimate of drug-likeness (QED) is 0.644. The maximum absolute atomic E-state index is 11.9. The molecule has 0 spiro atoms. The van der Waals surface area contributed by atoms with Gasteiger partial charge >= 0.3 is 0 Å². The summed E-state index contributed by atoms with van der Waals surface area (Å²) in [7, 11) is 1.81. The van der Waals surface area contributed by atoms with Crippen molar-refractivity contribution >= 4 is 23.4 Å². The van der Waals surface area contributed by atoms with Gasteiger partial charge in [0.2, 0.25) is 5.91 Å². The molecular weight excluding hydrogens is 260 g/mol. The molecule has 0 aliphatic carbocycles. The van der Waals surface area contributed by atoms with Gasteiger partial charge < -0.3 is 15.4 Å². The van der Waals surface area contributed by atoms with E-state index in [4.69, 9.17) is 10.5 Å². The Morgan fingerprint density at radius 2 is 2.16 bits per heavy atom. The number of carbonyl (C=O) groups excluding carboxylic acids is 1. The van der Waals surface area contributed by atoms with E-state index in [1.165, 1.54) is 11.8 Å². The van der Waals surface area contributed by atoms with Crippen molar-refractivity contribution in [3.63, 3.8) is 0 Å². The number of thioether (sulfide) groups is 1. The first-order chi connectivity index (χ1) is 8.95. The highest BCUT2D eigenvalue weighted by atomic mass is 32.2. The molecule has 0 aliphatic heterocycles. The zero-order chi connectivity index (χ0) is 14.4. The van der Waals surface area contributed by atoms with Crippen LogP contribution in [-0.2, 0) is 4.79 Å². The second kappa shape index (κ2) is 7.28. The largest absolute Gasteiger partial charge is 0.494 e. The maximum Gasteiger partial charge on any atom is 0.232 e. The molecule has 19 heavy (non-hydrogen) atoms. The van der Waals surface area contributed by atoms with Crippen molar-refractivity contribution in [1.29, 1.82) is 0 Å². The maximum atomic E-state index is 11.9. The van der Waals surface area contributed by atoms with Crippen molar-refractivity contribution in [2.45, 2.75) is 31.7 Å². The zero-order valence-corrected chi connectivity index (χ0v) is 12.8. The molecule has 0 saturated heterocycles. The van der Waals surface area contributed by atoms with Gasteiger partial charge in [-0.3, -0.25) is 4.79 Å². The summed E-state index contributed by atoms with van der Waals surface area (Å²) in [5.41, 5.74) is 6.58. The summed E-state index contributed by atoms with van der Waals surface area (Å²) >= 11 is 1.44. The summed E-state index contributed by atoms with van der Waals surface area (Å²) < 4.78 is 5.43. The minimum absolute atomic E-state index is 0.0983. The van der Waals surface area contributed by atoms with E-state index in [2.05, 4.69) is 0 Å². The van der Waals surface area contributed by atoms with E-state index < -0.39 is 0 Å². The van der Waals surface area contributed by atoms with Gasteiger partial charge in [0.15, 0.2) is 0 Å². The molecule has 0 saturated carbocycles. The first-order valence-corrected chi connectivity index (χ1v) is 7.35. The van der Waals surface area contributed by atoms with Crippen molar-refractivity contribution in [3.05, 3.63) is 18.2 Å². The Bertz CT molecular complexity index is 435. The van der Waals surface area contributed by atoms with Crippen LogP contribution in [0.4, 0.5) is 5.69 Å². The summed E-state index contributed by atoms with van der Waals surface area (Å²) in [5, 5.41) is 0. The average molecular weight is 282 g/mol. The number of hydrogen-bond acceptors (Lipinski definition) is 4. The van der Waals surface area contributed by atoms with Crippen LogP contribution in [-0.4, -0.2) is 36.3 Å². The van der Waals surface area contributed by atoms with Crippen LogP contribution in [0.3, 0.4) is 0 Å². The van der Waals surface area contributed by atoms with E-state index in [9.17, 15) is 4.79 Å². The van der Waals surface area contributed by atoms with Gasteiger partial charge in [-0.25, -0.2) is 0 Å². The van der Waals surface area contributed by atoms with Crippen LogP contribution in [0.2, 0.25) is 0 Å². The molecule has 106 valence electrons. The van der Waals surface area contributed by atoms with E-state index in [-0.39, 0.29) is 11.9 Å². The van der Waals surface area contributed by atoms with Crippen LogP contribution in [0.1, 0.15) is 20.8 Å². The van der Waals surface area contributed by atoms with Crippen molar-refractivity contribution < 1.29 is 9.53 Å². The molecular formula is C14H22N2O2S. The second-order valence-corrected chi connectivity index (χ2v) is 5.54. The predicted octanol–water partition coefficient (Wildman–Crippen LogP) is 2.63. The van der Waals surface area contributed by atoms with Crippen molar-refractivity contribution in [3.8, 4) is 5.75 Å². The van der Waals surface area contributed by atoms with Gasteiger partial charge in [-0.2, -0.15) is 0 Å². The van der Waals surface area contributed by atoms with E-state index >= 15 is 0 Å². The second-order valence-electron chi connectivity index (χ2n) is 4.52. The minimum Gasteiger partial charge on any atom is -0.494 e. The van der Waals surface area contributed by atoms with Crippen LogP contribution < -0.4 is 10.5 Å². The molecule has 1 amide bonds. The van der Waals surface area contributed by atoms with Gasteiger partial charge in [0, 0.05) is 23.7 Å². The van der Waals surface area contributed by atoms with E-state index in [1.54, 1.807) is 4.90 Å². The van der Waals surface area contributed by atoms with Gasteiger partial charge in [0.1, 0.15) is 5.75 Å². The summed E-state index contributed by atoms with van der Waals surface area (Å²) in [6.45, 7) is 6.53. The SMILES string of the molecule is CCOc1ccc(N)c(SCC(=O)N(C)C(C)C)c1. The number of ether oxygens (including phenoxy) is 1. The lowest BCUT2D eigenvalue weighted by atomic mass is 10.3. The molecule has 4 nitrogen and oxygen atoms in total. The molecule has 0 aromatic heterocycles. The number of anilines is 1. The predicted molar refractivity (Wildman–Crippen MR) is 80.7 cm³/mol. The fraction of sp³-hybridized carbons (Fsp3) is 0.500. The van der Waals surface area contributed by atoms with Gasteiger partial charge in [0.05, 0.1) is 12.4 Å². The van der Waals surface area contributed by atoms with Crippen LogP contribution in [0.15, 0.2) is 23.1 Å². The number of rotatable bonds is 6. The van der Waals surface area contributed by atoms with Crippen LogP contribution >= 0.6 is 11.8 Å². The third kappa shape index (κ3) is 4.67. The third-order valence-electron chi connectivity index (χ3n) is 2.82. The number of carbonyl (C=O) groups is 1. The van der Waals surface area contributed by atoms with Gasteiger partial charge in [0.25, 0.3) is 0 Å². The number of hydrogen-bond donors (Lipinski definition) is 1. The van der Waals surface area contributed by atoms with Crippen LogP contribution in [0.25, 0.3) is 0 Å². The first kappa shape index (κ1) is 15.7. The molecule has 0 bridgehead atoms. The van der Waals surface area contributed by atoms with Crippen molar-refractivity contribution in [2.75, 3.05) is 25.1 Å². The van der Waals surface area contributed by atoms with Crippen molar-refractivity contribution in [1.82, 2.24) is 4.90 Å². The molecule has 0 radical (unpaired) electrons. The standard InChI is InChI=1S/C14H22N2O2S/c1-5-18-11-6-7-12(15)13(8-11)19-9-14(17)16(4)10(2)3/h6-8,10H,5,9,15H2,1-4H3. The molecule has 1 aromatic carbocycles. The Labute approximate surface area is 119 Å². The number of nitrogens with two attached hydrogens (primary N) is 1. The Morgan fingerprint density at radius 1 is 1.47 bits per heavy atom. The number of nitrogen functional groups attached to an aromatic ring is 1. The minimum atomic E-state index is 0.0983. The first-order valence-electron chi connectivity index (χ1n) is 6.36.